The molecule has 2 rings (SSSR count). The van der Waals surface area contributed by atoms with Crippen LogP contribution in [0.1, 0.15) is 0 Å². The zero-order valence-electron chi connectivity index (χ0n) is 10.0. The molecule has 0 aliphatic carbocycles. The first-order valence-corrected chi connectivity index (χ1v) is 6.20. The van der Waals surface area contributed by atoms with E-state index in [1.54, 1.807) is 24.3 Å². The number of ether oxygens (including phenoxy) is 1. The quantitative estimate of drug-likeness (QED) is 0.299. The minimum atomic E-state index is 0.0181. The predicted molar refractivity (Wildman–Crippen MR) is 79.0 cm³/mol. The Morgan fingerprint density at radius 2 is 1.85 bits per heavy atom. The van der Waals surface area contributed by atoms with Crippen LogP contribution in [0.25, 0.3) is 4.95 Å². The number of nitrogens with one attached hydrogen (secondary N) is 1. The van der Waals surface area contributed by atoms with Gasteiger partial charge in [-0.05, 0) is 24.3 Å². The van der Waals surface area contributed by atoms with E-state index in [1.165, 1.54) is 0 Å². The fraction of sp³-hybridized carbons (Fsp3) is 0. The summed E-state index contributed by atoms with van der Waals surface area (Å²) in [5.41, 5.74) is 0.522. The fourth-order valence-corrected chi connectivity index (χ4v) is 1.84. The minimum absolute atomic E-state index is 0.0181. The summed E-state index contributed by atoms with van der Waals surface area (Å²) < 4.78 is 5.46. The molecule has 0 amide bonds. The van der Waals surface area contributed by atoms with Crippen LogP contribution in [0.2, 0.25) is 10.3 Å². The number of benzene rings is 1. The maximum Gasteiger partial charge on any atom is 0.378 e. The molecule has 0 saturated heterocycles. The summed E-state index contributed by atoms with van der Waals surface area (Å²) in [6, 6.07) is 12.1. The molecule has 1 aromatic heterocycles. The van der Waals surface area contributed by atoms with Crippen LogP contribution in [0.5, 0.6) is 5.75 Å². The van der Waals surface area contributed by atoms with Crippen molar-refractivity contribution in [3.63, 3.8) is 0 Å². The van der Waals surface area contributed by atoms with Gasteiger partial charge in [0, 0.05) is 5.69 Å². The van der Waals surface area contributed by atoms with Crippen LogP contribution in [0.4, 0.5) is 5.69 Å². The number of amidine groups is 1. The molecule has 7 heteroatoms. The molecule has 20 heavy (non-hydrogen) atoms. The summed E-state index contributed by atoms with van der Waals surface area (Å²) in [6.45, 7) is 6.80. The Morgan fingerprint density at radius 1 is 1.20 bits per heavy atom. The van der Waals surface area contributed by atoms with Crippen molar-refractivity contribution < 1.29 is 4.74 Å². The Morgan fingerprint density at radius 3 is 2.45 bits per heavy atom. The molecule has 2 aromatic rings. The number of rotatable bonds is 2. The van der Waals surface area contributed by atoms with Crippen LogP contribution in [0, 0.1) is 6.57 Å². The number of aromatic nitrogens is 1. The first-order chi connectivity index (χ1) is 9.67. The van der Waals surface area contributed by atoms with Crippen molar-refractivity contribution in [3.05, 3.63) is 64.3 Å². The van der Waals surface area contributed by atoms with E-state index in [2.05, 4.69) is 20.4 Å². The lowest BCUT2D eigenvalue weighted by Crippen LogP contribution is -2.19. The van der Waals surface area contributed by atoms with E-state index in [4.69, 9.17) is 34.5 Å². The SMILES string of the molecule is [C-]#[N+]/N=C(/Nc1cc(Cl)nc(Cl)c1)Oc1ccccc1. The Hall–Kier alpha value is -2.29. The van der Waals surface area contributed by atoms with E-state index in [1.807, 2.05) is 18.2 Å². The highest BCUT2D eigenvalue weighted by atomic mass is 35.5. The average Bonchev–Trinajstić information content (AvgIpc) is 2.39. The molecular formula is C13H8Cl2N4O. The summed E-state index contributed by atoms with van der Waals surface area (Å²) in [6.07, 6.45) is 0. The zero-order valence-corrected chi connectivity index (χ0v) is 11.6. The molecule has 0 aliphatic rings. The smallest absolute Gasteiger partial charge is 0.378 e. The van der Waals surface area contributed by atoms with Gasteiger partial charge in [0.25, 0.3) is 0 Å². The molecule has 1 heterocycles. The lowest BCUT2D eigenvalue weighted by molar-refractivity contribution is 0.549. The van der Waals surface area contributed by atoms with Crippen LogP contribution in [-0.4, -0.2) is 11.0 Å². The van der Waals surface area contributed by atoms with E-state index in [0.717, 1.165) is 0 Å². The summed E-state index contributed by atoms with van der Waals surface area (Å²) >= 11 is 11.6. The molecule has 5 nitrogen and oxygen atoms in total. The third-order valence-electron chi connectivity index (χ3n) is 2.11. The zero-order chi connectivity index (χ0) is 14.4. The van der Waals surface area contributed by atoms with Crippen molar-refractivity contribution in [2.75, 3.05) is 5.32 Å². The van der Waals surface area contributed by atoms with E-state index in [0.29, 0.717) is 11.4 Å². The predicted octanol–water partition coefficient (Wildman–Crippen LogP) is 4.07. The number of hydrogen-bond donors (Lipinski definition) is 1. The van der Waals surface area contributed by atoms with Crippen LogP contribution in [0.3, 0.4) is 0 Å². The topological polar surface area (TPSA) is 50.9 Å². The van der Waals surface area contributed by atoms with Crippen LogP contribution in [-0.2, 0) is 0 Å². The third kappa shape index (κ3) is 4.12. The molecule has 1 aromatic carbocycles. The molecule has 0 saturated carbocycles. The summed E-state index contributed by atoms with van der Waals surface area (Å²) in [5, 5.41) is 6.81. The molecule has 0 radical (unpaired) electrons. The summed E-state index contributed by atoms with van der Waals surface area (Å²) in [5.74, 6) is 0.550. The highest BCUT2D eigenvalue weighted by molar-refractivity contribution is 6.32. The molecular weight excluding hydrogens is 299 g/mol. The fourth-order valence-electron chi connectivity index (χ4n) is 1.38. The van der Waals surface area contributed by atoms with Gasteiger partial charge in [-0.3, -0.25) is 0 Å². The number of nitrogens with zero attached hydrogens (tertiary/aromatic N) is 3. The Bertz CT molecular complexity index is 648. The van der Waals surface area contributed by atoms with Gasteiger partial charge >= 0.3 is 6.02 Å². The first kappa shape index (κ1) is 14.1. The molecule has 0 unspecified atom stereocenters. The number of pyridine rings is 1. The van der Waals surface area contributed by atoms with Gasteiger partial charge in [-0.2, -0.15) is 6.57 Å². The maximum atomic E-state index is 6.80. The summed E-state index contributed by atoms with van der Waals surface area (Å²) in [7, 11) is 0. The van der Waals surface area contributed by atoms with E-state index in [9.17, 15) is 0 Å². The number of para-hydroxylation sites is 1. The second-order valence-corrected chi connectivity index (χ2v) is 4.32. The van der Waals surface area contributed by atoms with E-state index < -0.39 is 0 Å². The van der Waals surface area contributed by atoms with E-state index in [-0.39, 0.29) is 16.3 Å². The van der Waals surface area contributed by atoms with Crippen molar-refractivity contribution in [2.24, 2.45) is 5.10 Å². The average molecular weight is 307 g/mol. The Labute approximate surface area is 125 Å². The van der Waals surface area contributed by atoms with Gasteiger partial charge in [0.2, 0.25) is 0 Å². The maximum absolute atomic E-state index is 6.80. The van der Waals surface area contributed by atoms with Gasteiger partial charge in [0.15, 0.2) is 0 Å². The Kier molecular flexibility index (Phi) is 4.77. The molecule has 0 bridgehead atoms. The van der Waals surface area contributed by atoms with Gasteiger partial charge in [0.1, 0.15) is 21.2 Å². The molecule has 0 spiro atoms. The highest BCUT2D eigenvalue weighted by Gasteiger charge is 2.08. The van der Waals surface area contributed by atoms with Crippen molar-refractivity contribution in [2.45, 2.75) is 0 Å². The molecule has 0 atom stereocenters. The largest absolute Gasteiger partial charge is 0.421 e. The summed E-state index contributed by atoms with van der Waals surface area (Å²) in [4.78, 5) is 6.76. The number of hydrogen-bond acceptors (Lipinski definition) is 3. The second kappa shape index (κ2) is 6.75. The van der Waals surface area contributed by atoms with Gasteiger partial charge in [-0.1, -0.05) is 41.4 Å². The van der Waals surface area contributed by atoms with Crippen molar-refractivity contribution >= 4 is 34.9 Å². The Balaban J connectivity index is 2.18. The van der Waals surface area contributed by atoms with Crippen molar-refractivity contribution in [3.8, 4) is 5.75 Å². The van der Waals surface area contributed by atoms with Gasteiger partial charge in [-0.15, -0.1) is 4.95 Å². The normalized spacial score (nSPS) is 10.8. The van der Waals surface area contributed by atoms with Crippen LogP contribution < -0.4 is 10.1 Å². The van der Waals surface area contributed by atoms with Crippen molar-refractivity contribution in [1.29, 1.82) is 0 Å². The number of halogens is 2. The lowest BCUT2D eigenvalue weighted by atomic mass is 10.3. The monoisotopic (exact) mass is 306 g/mol. The third-order valence-corrected chi connectivity index (χ3v) is 2.50. The van der Waals surface area contributed by atoms with E-state index >= 15 is 0 Å². The molecule has 0 fully saturated rings. The van der Waals surface area contributed by atoms with Crippen LogP contribution >= 0.6 is 23.2 Å². The van der Waals surface area contributed by atoms with Gasteiger partial charge in [-0.25, -0.2) is 4.98 Å². The minimum Gasteiger partial charge on any atom is -0.421 e. The highest BCUT2D eigenvalue weighted by Crippen LogP contribution is 2.19. The molecule has 100 valence electrons. The van der Waals surface area contributed by atoms with Gasteiger partial charge in [0.05, 0.1) is 0 Å². The number of anilines is 1. The van der Waals surface area contributed by atoms with Crippen molar-refractivity contribution in [1.82, 2.24) is 4.98 Å². The molecule has 1 N–H and O–H groups in total. The molecule has 0 aliphatic heterocycles. The standard InChI is InChI=1S/C13H8Cl2N4O/c1-16-19-13(20-10-5-3-2-4-6-10)17-9-7-11(14)18-12(15)8-9/h2-8H,(H,17,18,19). The van der Waals surface area contributed by atoms with Crippen LogP contribution in [0.15, 0.2) is 47.6 Å². The van der Waals surface area contributed by atoms with Gasteiger partial charge < -0.3 is 10.1 Å². The second-order valence-electron chi connectivity index (χ2n) is 3.55. The first-order valence-electron chi connectivity index (χ1n) is 5.45. The lowest BCUT2D eigenvalue weighted by Gasteiger charge is -2.08.